The van der Waals surface area contributed by atoms with Gasteiger partial charge in [-0.15, -0.1) is 0 Å². The van der Waals surface area contributed by atoms with Crippen molar-refractivity contribution in [2.24, 2.45) is 5.92 Å². The number of carboxylic acids is 1. The van der Waals surface area contributed by atoms with Gasteiger partial charge in [-0.25, -0.2) is 4.79 Å². The number of carbonyl (C=O) groups is 2. The molecular weight excluding hydrogens is 260 g/mol. The number of rotatable bonds is 4. The number of hydrogen-bond donors (Lipinski definition) is 1. The van der Waals surface area contributed by atoms with E-state index in [0.29, 0.717) is 17.1 Å². The number of aliphatic carboxylic acids is 1. The van der Waals surface area contributed by atoms with E-state index in [0.717, 1.165) is 12.0 Å². The predicted octanol–water partition coefficient (Wildman–Crippen LogP) is 2.51. The average Bonchev–Trinajstić information content (AvgIpc) is 2.39. The van der Waals surface area contributed by atoms with Crippen molar-refractivity contribution in [2.75, 3.05) is 6.61 Å². The lowest BCUT2D eigenvalue weighted by molar-refractivity contribution is -0.141. The third-order valence-electron chi connectivity index (χ3n) is 3.78. The molecule has 1 aromatic carbocycles. The van der Waals surface area contributed by atoms with Crippen molar-refractivity contribution in [1.82, 2.24) is 0 Å². The molecule has 0 fully saturated rings. The van der Waals surface area contributed by atoms with E-state index in [4.69, 9.17) is 14.6 Å². The van der Waals surface area contributed by atoms with E-state index < -0.39 is 12.6 Å². The molecule has 0 radical (unpaired) electrons. The Hall–Kier alpha value is -2.04. The van der Waals surface area contributed by atoms with Crippen molar-refractivity contribution in [3.8, 4) is 11.5 Å². The van der Waals surface area contributed by atoms with Crippen LogP contribution >= 0.6 is 0 Å². The fraction of sp³-hybridized carbons (Fsp3) is 0.467. The summed E-state index contributed by atoms with van der Waals surface area (Å²) in [5.41, 5.74) is 1.63. The number of hydrogen-bond acceptors (Lipinski definition) is 4. The predicted molar refractivity (Wildman–Crippen MR) is 72.1 cm³/mol. The van der Waals surface area contributed by atoms with Crippen molar-refractivity contribution in [3.63, 3.8) is 0 Å². The fourth-order valence-electron chi connectivity index (χ4n) is 2.60. The normalized spacial score (nSPS) is 21.1. The Bertz CT molecular complexity index is 549. The number of ether oxygens (including phenoxy) is 2. The molecule has 1 aromatic rings. The number of esters is 1. The van der Waals surface area contributed by atoms with Crippen LogP contribution in [-0.4, -0.2) is 23.7 Å². The van der Waals surface area contributed by atoms with Gasteiger partial charge in [0.2, 0.25) is 0 Å². The third-order valence-corrected chi connectivity index (χ3v) is 3.78. The van der Waals surface area contributed by atoms with Gasteiger partial charge in [-0.3, -0.25) is 4.79 Å². The number of benzene rings is 1. The first-order valence-electron chi connectivity index (χ1n) is 6.65. The van der Waals surface area contributed by atoms with Gasteiger partial charge in [0.15, 0.2) is 6.61 Å². The van der Waals surface area contributed by atoms with Crippen LogP contribution in [0.1, 0.15) is 37.3 Å². The Morgan fingerprint density at radius 2 is 2.15 bits per heavy atom. The van der Waals surface area contributed by atoms with Crippen LogP contribution in [0.4, 0.5) is 0 Å². The minimum absolute atomic E-state index is 0.0865. The molecule has 0 saturated heterocycles. The molecule has 108 valence electrons. The number of carbonyl (C=O) groups excluding carboxylic acids is 1. The van der Waals surface area contributed by atoms with Gasteiger partial charge < -0.3 is 14.6 Å². The fourth-order valence-corrected chi connectivity index (χ4v) is 2.60. The van der Waals surface area contributed by atoms with Crippen molar-refractivity contribution in [1.29, 1.82) is 0 Å². The summed E-state index contributed by atoms with van der Waals surface area (Å²) < 4.78 is 10.6. The van der Waals surface area contributed by atoms with Crippen LogP contribution in [0.5, 0.6) is 11.5 Å². The van der Waals surface area contributed by atoms with Crippen LogP contribution in [0.2, 0.25) is 0 Å². The molecule has 0 aliphatic carbocycles. The number of carboxylic acid groups (broad SMARTS) is 1. The lowest BCUT2D eigenvalue weighted by Crippen LogP contribution is -2.30. The third kappa shape index (κ3) is 2.48. The zero-order chi connectivity index (χ0) is 14.9. The Balaban J connectivity index is 2.36. The molecule has 1 N–H and O–H groups in total. The molecule has 2 atom stereocenters. The largest absolute Gasteiger partial charge is 0.481 e. The molecule has 2 unspecified atom stereocenters. The summed E-state index contributed by atoms with van der Waals surface area (Å²) in [7, 11) is 0. The minimum atomic E-state index is -1.04. The van der Waals surface area contributed by atoms with Crippen LogP contribution in [0, 0.1) is 12.8 Å². The lowest BCUT2D eigenvalue weighted by atomic mass is 9.82. The molecular formula is C15H18O5. The standard InChI is InChI=1S/C15H18O5/c1-4-10-8(2)11-5-6-12(19-7-13(16)17)9(3)14(11)20-15(10)18/h5-6,8,10H,4,7H2,1-3H3,(H,16,17). The molecule has 0 saturated carbocycles. The Morgan fingerprint density at radius 1 is 1.45 bits per heavy atom. The van der Waals surface area contributed by atoms with E-state index in [2.05, 4.69) is 0 Å². The summed E-state index contributed by atoms with van der Waals surface area (Å²) in [5.74, 6) is -0.378. The highest BCUT2D eigenvalue weighted by molar-refractivity contribution is 5.80. The maximum Gasteiger partial charge on any atom is 0.341 e. The smallest absolute Gasteiger partial charge is 0.341 e. The van der Waals surface area contributed by atoms with Crippen LogP contribution in [-0.2, 0) is 9.59 Å². The summed E-state index contributed by atoms with van der Waals surface area (Å²) in [6, 6.07) is 3.58. The zero-order valence-corrected chi connectivity index (χ0v) is 11.8. The molecule has 1 heterocycles. The summed E-state index contributed by atoms with van der Waals surface area (Å²) in [4.78, 5) is 22.5. The van der Waals surface area contributed by atoms with Crippen molar-refractivity contribution >= 4 is 11.9 Å². The topological polar surface area (TPSA) is 72.8 Å². The maximum atomic E-state index is 12.0. The first kappa shape index (κ1) is 14.4. The SMILES string of the molecule is CCC1C(=O)Oc2c(ccc(OCC(=O)O)c2C)C1C. The first-order chi connectivity index (χ1) is 9.45. The van der Waals surface area contributed by atoms with Gasteiger partial charge >= 0.3 is 11.9 Å². The highest BCUT2D eigenvalue weighted by atomic mass is 16.5. The van der Waals surface area contributed by atoms with Crippen molar-refractivity contribution in [3.05, 3.63) is 23.3 Å². The van der Waals surface area contributed by atoms with E-state index >= 15 is 0 Å². The Labute approximate surface area is 117 Å². The van der Waals surface area contributed by atoms with Crippen LogP contribution in [0.15, 0.2) is 12.1 Å². The lowest BCUT2D eigenvalue weighted by Gasteiger charge is -2.30. The van der Waals surface area contributed by atoms with E-state index in [1.54, 1.807) is 13.0 Å². The van der Waals surface area contributed by atoms with Gasteiger partial charge in [-0.2, -0.15) is 0 Å². The molecule has 1 aliphatic heterocycles. The Kier molecular flexibility index (Phi) is 3.97. The molecule has 2 rings (SSSR count). The minimum Gasteiger partial charge on any atom is -0.481 e. The van der Waals surface area contributed by atoms with E-state index in [9.17, 15) is 9.59 Å². The van der Waals surface area contributed by atoms with Gasteiger partial charge in [0.25, 0.3) is 0 Å². The van der Waals surface area contributed by atoms with Gasteiger partial charge in [-0.05, 0) is 30.9 Å². The monoisotopic (exact) mass is 278 g/mol. The molecule has 1 aliphatic rings. The molecule has 0 amide bonds. The van der Waals surface area contributed by atoms with Crippen LogP contribution in [0.25, 0.3) is 0 Å². The summed E-state index contributed by atoms with van der Waals surface area (Å²) >= 11 is 0. The summed E-state index contributed by atoms with van der Waals surface area (Å²) in [5, 5.41) is 8.64. The number of fused-ring (bicyclic) bond motifs is 1. The quantitative estimate of drug-likeness (QED) is 0.676. The second-order valence-corrected chi connectivity index (χ2v) is 5.01. The highest BCUT2D eigenvalue weighted by Gasteiger charge is 2.35. The Morgan fingerprint density at radius 3 is 2.75 bits per heavy atom. The zero-order valence-electron chi connectivity index (χ0n) is 11.8. The van der Waals surface area contributed by atoms with Crippen molar-refractivity contribution in [2.45, 2.75) is 33.1 Å². The summed E-state index contributed by atoms with van der Waals surface area (Å²) in [6.07, 6.45) is 0.732. The molecule has 5 heteroatoms. The summed E-state index contributed by atoms with van der Waals surface area (Å²) in [6.45, 7) is 5.32. The molecule has 0 bridgehead atoms. The molecule has 5 nitrogen and oxygen atoms in total. The molecule has 0 aromatic heterocycles. The van der Waals surface area contributed by atoms with E-state index in [-0.39, 0.29) is 17.8 Å². The first-order valence-corrected chi connectivity index (χ1v) is 6.65. The van der Waals surface area contributed by atoms with E-state index in [1.165, 1.54) is 0 Å². The molecule has 0 spiro atoms. The second-order valence-electron chi connectivity index (χ2n) is 5.01. The van der Waals surface area contributed by atoms with E-state index in [1.807, 2.05) is 19.9 Å². The van der Waals surface area contributed by atoms with Crippen LogP contribution in [0.3, 0.4) is 0 Å². The van der Waals surface area contributed by atoms with Gasteiger partial charge in [0.1, 0.15) is 11.5 Å². The molecule has 20 heavy (non-hydrogen) atoms. The second kappa shape index (κ2) is 5.53. The average molecular weight is 278 g/mol. The van der Waals surface area contributed by atoms with Gasteiger partial charge in [-0.1, -0.05) is 19.9 Å². The van der Waals surface area contributed by atoms with Gasteiger partial charge in [0, 0.05) is 5.56 Å². The van der Waals surface area contributed by atoms with Crippen molar-refractivity contribution < 1.29 is 24.2 Å². The van der Waals surface area contributed by atoms with Gasteiger partial charge in [0.05, 0.1) is 5.92 Å². The van der Waals surface area contributed by atoms with Crippen LogP contribution < -0.4 is 9.47 Å². The highest BCUT2D eigenvalue weighted by Crippen LogP contribution is 2.43. The maximum absolute atomic E-state index is 12.0.